The van der Waals surface area contributed by atoms with Gasteiger partial charge >= 0.3 is 11.8 Å². The first-order valence-corrected chi connectivity index (χ1v) is 2.32. The molecule has 1 aromatic rings. The van der Waals surface area contributed by atoms with Crippen molar-refractivity contribution < 1.29 is 9.31 Å². The van der Waals surface area contributed by atoms with E-state index in [2.05, 4.69) is 10.3 Å². The van der Waals surface area contributed by atoms with E-state index in [1.165, 1.54) is 7.05 Å². The highest BCUT2D eigenvalue weighted by Crippen LogP contribution is 2.10. The zero-order valence-electron chi connectivity index (χ0n) is 4.98. The van der Waals surface area contributed by atoms with Gasteiger partial charge < -0.3 is 10.1 Å². The predicted molar refractivity (Wildman–Crippen MR) is 27.6 cm³/mol. The van der Waals surface area contributed by atoms with Gasteiger partial charge in [0.2, 0.25) is 0 Å². The Morgan fingerprint density at radius 1 is 1.80 bits per heavy atom. The predicted octanol–water partition coefficient (Wildman–Crippen LogP) is -0.138. The Bertz CT molecular complexity index is 250. The van der Waals surface area contributed by atoms with Crippen molar-refractivity contribution in [3.05, 3.63) is 16.1 Å². The van der Waals surface area contributed by atoms with Gasteiger partial charge in [-0.05, 0) is 4.92 Å². The minimum atomic E-state index is -1.16. The zero-order valence-corrected chi connectivity index (χ0v) is 4.98. The highest BCUT2D eigenvalue weighted by Gasteiger charge is 2.20. The van der Waals surface area contributed by atoms with Crippen LogP contribution in [-0.4, -0.2) is 19.9 Å². The maximum atomic E-state index is 12.2. The number of rotatable bonds is 1. The molecule has 7 heteroatoms. The monoisotopic (exact) mass is 146 g/mol. The summed E-state index contributed by atoms with van der Waals surface area (Å²) in [6.07, 6.45) is 0. The Morgan fingerprint density at radius 2 is 2.40 bits per heavy atom. The van der Waals surface area contributed by atoms with Gasteiger partial charge in [-0.2, -0.15) is 4.39 Å². The average molecular weight is 146 g/mol. The summed E-state index contributed by atoms with van der Waals surface area (Å²) in [7, 11) is 1.24. The molecule has 6 nitrogen and oxygen atoms in total. The molecule has 0 amide bonds. The van der Waals surface area contributed by atoms with Crippen LogP contribution in [-0.2, 0) is 7.05 Å². The molecule has 0 aliphatic rings. The fourth-order valence-corrected chi connectivity index (χ4v) is 0.520. The molecule has 0 atom stereocenters. The zero-order chi connectivity index (χ0) is 7.72. The third kappa shape index (κ3) is 0.809. The van der Waals surface area contributed by atoms with Crippen molar-refractivity contribution in [3.63, 3.8) is 0 Å². The lowest BCUT2D eigenvalue weighted by Gasteiger charge is -1.88. The smallest absolute Gasteiger partial charge is 0.358 e. The Morgan fingerprint density at radius 3 is 2.60 bits per heavy atom. The van der Waals surface area contributed by atoms with Gasteiger partial charge in [-0.3, -0.25) is 0 Å². The Hall–Kier alpha value is -1.53. The summed E-state index contributed by atoms with van der Waals surface area (Å²) >= 11 is 0. The summed E-state index contributed by atoms with van der Waals surface area (Å²) in [6.45, 7) is 0. The SMILES string of the molecule is Cn1nnc(F)c1[N+](=O)[O-]. The number of nitro groups is 1. The van der Waals surface area contributed by atoms with Gasteiger partial charge in [0, 0.05) is 5.21 Å². The fraction of sp³-hybridized carbons (Fsp3) is 0.333. The van der Waals surface area contributed by atoms with Crippen LogP contribution in [0.15, 0.2) is 0 Å². The van der Waals surface area contributed by atoms with Gasteiger partial charge in [-0.15, -0.1) is 4.68 Å². The van der Waals surface area contributed by atoms with E-state index >= 15 is 0 Å². The topological polar surface area (TPSA) is 73.8 Å². The summed E-state index contributed by atoms with van der Waals surface area (Å²) in [6, 6.07) is 0. The van der Waals surface area contributed by atoms with Crippen LogP contribution in [0.3, 0.4) is 0 Å². The molecule has 1 aromatic heterocycles. The van der Waals surface area contributed by atoms with Crippen LogP contribution >= 0.6 is 0 Å². The number of aryl methyl sites for hydroxylation is 1. The van der Waals surface area contributed by atoms with E-state index in [1.807, 2.05) is 0 Å². The standard InChI is InChI=1S/C3H3FN4O2/c1-7-3(8(9)10)2(4)5-6-7/h1H3. The lowest BCUT2D eigenvalue weighted by atomic mass is 10.7. The molecule has 54 valence electrons. The van der Waals surface area contributed by atoms with E-state index in [9.17, 15) is 14.5 Å². The molecule has 0 saturated carbocycles. The molecule has 0 spiro atoms. The summed E-state index contributed by atoms with van der Waals surface area (Å²) in [5, 5.41) is 15.9. The van der Waals surface area contributed by atoms with Gasteiger partial charge in [-0.25, -0.2) is 0 Å². The van der Waals surface area contributed by atoms with Crippen LogP contribution in [0.4, 0.5) is 10.2 Å². The number of hydrogen-bond donors (Lipinski definition) is 0. The third-order valence-corrected chi connectivity index (χ3v) is 0.931. The highest BCUT2D eigenvalue weighted by atomic mass is 19.1. The van der Waals surface area contributed by atoms with Gasteiger partial charge in [0.05, 0.1) is 0 Å². The van der Waals surface area contributed by atoms with Crippen molar-refractivity contribution in [2.45, 2.75) is 0 Å². The summed E-state index contributed by atoms with van der Waals surface area (Å²) in [4.78, 5) is 9.09. The molecule has 1 heterocycles. The summed E-state index contributed by atoms with van der Waals surface area (Å²) in [5.41, 5.74) is 0. The molecule has 0 N–H and O–H groups in total. The Balaban J connectivity index is 3.23. The molecule has 0 saturated heterocycles. The minimum Gasteiger partial charge on any atom is -0.358 e. The van der Waals surface area contributed by atoms with E-state index < -0.39 is 16.7 Å². The molecule has 0 aliphatic carbocycles. The molecule has 0 fully saturated rings. The van der Waals surface area contributed by atoms with Crippen molar-refractivity contribution in [2.24, 2.45) is 7.05 Å². The Kier molecular flexibility index (Phi) is 1.32. The molecule has 1 rings (SSSR count). The quantitative estimate of drug-likeness (QED) is 0.408. The van der Waals surface area contributed by atoms with Crippen molar-refractivity contribution in [3.8, 4) is 0 Å². The maximum absolute atomic E-state index is 12.2. The maximum Gasteiger partial charge on any atom is 0.402 e. The largest absolute Gasteiger partial charge is 0.402 e. The van der Waals surface area contributed by atoms with Crippen LogP contribution in [0.2, 0.25) is 0 Å². The molecular formula is C3H3FN4O2. The van der Waals surface area contributed by atoms with Crippen molar-refractivity contribution >= 4 is 5.82 Å². The molecule has 0 radical (unpaired) electrons. The lowest BCUT2D eigenvalue weighted by Crippen LogP contribution is -1.99. The van der Waals surface area contributed by atoms with E-state index in [0.29, 0.717) is 0 Å². The van der Waals surface area contributed by atoms with Gasteiger partial charge in [0.15, 0.2) is 0 Å². The molecule has 0 unspecified atom stereocenters. The van der Waals surface area contributed by atoms with Gasteiger partial charge in [0.25, 0.3) is 0 Å². The number of aromatic nitrogens is 3. The van der Waals surface area contributed by atoms with E-state index in [1.54, 1.807) is 0 Å². The average Bonchev–Trinajstić information content (AvgIpc) is 2.11. The van der Waals surface area contributed by atoms with Crippen molar-refractivity contribution in [1.29, 1.82) is 0 Å². The number of halogens is 1. The second kappa shape index (κ2) is 2.01. The first-order chi connectivity index (χ1) is 4.63. The molecule has 0 aromatic carbocycles. The summed E-state index contributed by atoms with van der Waals surface area (Å²) < 4.78 is 13.0. The van der Waals surface area contributed by atoms with Crippen LogP contribution in [0.25, 0.3) is 0 Å². The number of nitrogens with zero attached hydrogens (tertiary/aromatic N) is 4. The Labute approximate surface area is 54.4 Å². The first kappa shape index (κ1) is 6.59. The van der Waals surface area contributed by atoms with E-state index in [4.69, 9.17) is 0 Å². The lowest BCUT2D eigenvalue weighted by molar-refractivity contribution is -0.395. The molecule has 0 aliphatic heterocycles. The minimum absolute atomic E-state index is 0.722. The second-order valence-electron chi connectivity index (χ2n) is 1.58. The van der Waals surface area contributed by atoms with Gasteiger partial charge in [-0.1, -0.05) is 5.10 Å². The van der Waals surface area contributed by atoms with Crippen LogP contribution in [0, 0.1) is 16.1 Å². The van der Waals surface area contributed by atoms with Crippen LogP contribution in [0.1, 0.15) is 0 Å². The number of hydrogen-bond acceptors (Lipinski definition) is 4. The normalized spacial score (nSPS) is 9.80. The highest BCUT2D eigenvalue weighted by molar-refractivity contribution is 5.13. The molecule has 10 heavy (non-hydrogen) atoms. The fourth-order valence-electron chi connectivity index (χ4n) is 0.520. The van der Waals surface area contributed by atoms with Gasteiger partial charge in [0.1, 0.15) is 7.05 Å². The van der Waals surface area contributed by atoms with Crippen LogP contribution in [0.5, 0.6) is 0 Å². The second-order valence-corrected chi connectivity index (χ2v) is 1.58. The van der Waals surface area contributed by atoms with Crippen molar-refractivity contribution in [2.75, 3.05) is 0 Å². The molecule has 0 bridgehead atoms. The van der Waals surface area contributed by atoms with E-state index in [0.717, 1.165) is 4.68 Å². The first-order valence-electron chi connectivity index (χ1n) is 2.32. The van der Waals surface area contributed by atoms with Crippen molar-refractivity contribution in [1.82, 2.24) is 15.0 Å². The van der Waals surface area contributed by atoms with E-state index in [-0.39, 0.29) is 0 Å². The molecular weight excluding hydrogens is 143 g/mol. The third-order valence-electron chi connectivity index (χ3n) is 0.931. The van der Waals surface area contributed by atoms with Crippen LogP contribution < -0.4 is 0 Å². The summed E-state index contributed by atoms with van der Waals surface area (Å²) in [5.74, 6) is -1.88.